The monoisotopic (exact) mass is 514 g/mol. The van der Waals surface area contributed by atoms with Crippen LogP contribution in [0.1, 0.15) is 22.3 Å². The van der Waals surface area contributed by atoms with E-state index in [-0.39, 0.29) is 40.2 Å². The molecule has 0 fully saturated rings. The molecule has 4 aromatic rings. The summed E-state index contributed by atoms with van der Waals surface area (Å²) in [6, 6.07) is 18.0. The van der Waals surface area contributed by atoms with Crippen LogP contribution < -0.4 is 5.56 Å². The molecule has 1 N–H and O–H groups in total. The summed E-state index contributed by atoms with van der Waals surface area (Å²) < 4.78 is 29.5. The van der Waals surface area contributed by atoms with E-state index in [1.807, 2.05) is 30.3 Å². The zero-order valence-corrected chi connectivity index (χ0v) is 19.6. The van der Waals surface area contributed by atoms with E-state index in [9.17, 15) is 18.7 Å². The van der Waals surface area contributed by atoms with E-state index in [2.05, 4.69) is 5.16 Å². The van der Waals surface area contributed by atoms with Gasteiger partial charge in [0.15, 0.2) is 0 Å². The van der Waals surface area contributed by atoms with E-state index in [1.165, 1.54) is 41.1 Å². The molecule has 5 nitrogen and oxygen atoms in total. The summed E-state index contributed by atoms with van der Waals surface area (Å²) in [6.07, 6.45) is 1.39. The molecule has 0 unspecified atom stereocenters. The molecule has 0 atom stereocenters. The average Bonchev–Trinajstić information content (AvgIpc) is 2.84. The first-order valence-corrected chi connectivity index (χ1v) is 11.1. The van der Waals surface area contributed by atoms with Gasteiger partial charge in [-0.2, -0.15) is 0 Å². The Kier molecular flexibility index (Phi) is 7.60. The van der Waals surface area contributed by atoms with Crippen LogP contribution in [0.3, 0.4) is 0 Å². The standard InChI is InChI=1S/C26H18Cl2F2N2O3/c27-21-10-17(14-33)11-22(28)26(21)32-13-18(6-9-24(32)34)25(20-8-7-19(29)12-23(20)30)31-35-15-16-4-2-1-3-5-16/h1-13,33H,14-15H2/b31-25-. The minimum absolute atomic E-state index is 0.0301. The highest BCUT2D eigenvalue weighted by Crippen LogP contribution is 2.30. The van der Waals surface area contributed by atoms with Crippen molar-refractivity contribution < 1.29 is 18.7 Å². The normalized spacial score (nSPS) is 11.5. The molecular weight excluding hydrogens is 497 g/mol. The molecule has 1 heterocycles. The highest BCUT2D eigenvalue weighted by molar-refractivity contribution is 6.37. The Bertz CT molecular complexity index is 1430. The minimum Gasteiger partial charge on any atom is -0.392 e. The maximum Gasteiger partial charge on any atom is 0.255 e. The van der Waals surface area contributed by atoms with Crippen molar-refractivity contribution in [3.63, 3.8) is 0 Å². The molecule has 3 aromatic carbocycles. The molecule has 0 radical (unpaired) electrons. The molecular formula is C26H18Cl2F2N2O3. The SMILES string of the molecule is O=c1ccc(/C(=N/OCc2ccccc2)c2ccc(F)cc2F)cn1-c1c(Cl)cc(CO)cc1Cl. The lowest BCUT2D eigenvalue weighted by Gasteiger charge is -2.14. The smallest absolute Gasteiger partial charge is 0.255 e. The molecule has 0 amide bonds. The predicted octanol–water partition coefficient (Wildman–Crippen LogP) is 5.88. The molecule has 35 heavy (non-hydrogen) atoms. The number of rotatable bonds is 7. The fourth-order valence-electron chi connectivity index (χ4n) is 3.43. The van der Waals surface area contributed by atoms with Crippen LogP contribution in [-0.4, -0.2) is 15.4 Å². The van der Waals surface area contributed by atoms with Gasteiger partial charge in [-0.25, -0.2) is 8.78 Å². The van der Waals surface area contributed by atoms with E-state index in [0.29, 0.717) is 11.1 Å². The second-order valence-electron chi connectivity index (χ2n) is 7.52. The van der Waals surface area contributed by atoms with Gasteiger partial charge >= 0.3 is 0 Å². The summed E-state index contributed by atoms with van der Waals surface area (Å²) in [7, 11) is 0. The highest BCUT2D eigenvalue weighted by Gasteiger charge is 2.18. The Balaban J connectivity index is 1.82. The Morgan fingerprint density at radius 3 is 2.31 bits per heavy atom. The lowest BCUT2D eigenvalue weighted by atomic mass is 10.0. The van der Waals surface area contributed by atoms with Gasteiger partial charge in [-0.3, -0.25) is 9.36 Å². The highest BCUT2D eigenvalue weighted by atomic mass is 35.5. The predicted molar refractivity (Wildman–Crippen MR) is 131 cm³/mol. The van der Waals surface area contributed by atoms with E-state index in [0.717, 1.165) is 17.7 Å². The molecule has 0 aliphatic rings. The van der Waals surface area contributed by atoms with Crippen LogP contribution in [0.5, 0.6) is 0 Å². The van der Waals surface area contributed by atoms with Crippen LogP contribution in [0.4, 0.5) is 8.78 Å². The number of aromatic nitrogens is 1. The second kappa shape index (κ2) is 10.8. The number of oxime groups is 1. The third-order valence-electron chi connectivity index (χ3n) is 5.10. The summed E-state index contributed by atoms with van der Waals surface area (Å²) in [5.41, 5.74) is 1.32. The van der Waals surface area contributed by atoms with E-state index in [1.54, 1.807) is 0 Å². The van der Waals surface area contributed by atoms with Crippen molar-refractivity contribution in [3.8, 4) is 5.69 Å². The first-order valence-electron chi connectivity index (χ1n) is 10.4. The maximum atomic E-state index is 14.7. The van der Waals surface area contributed by atoms with Crippen LogP contribution in [0.15, 0.2) is 88.9 Å². The van der Waals surface area contributed by atoms with Gasteiger partial charge in [0.25, 0.3) is 5.56 Å². The van der Waals surface area contributed by atoms with Crippen LogP contribution in [-0.2, 0) is 18.1 Å². The number of hydrogen-bond acceptors (Lipinski definition) is 4. The number of benzene rings is 3. The van der Waals surface area contributed by atoms with Crippen molar-refractivity contribution in [2.45, 2.75) is 13.2 Å². The molecule has 4 rings (SSSR count). The number of pyridine rings is 1. The van der Waals surface area contributed by atoms with Gasteiger partial charge in [-0.05, 0) is 41.5 Å². The van der Waals surface area contributed by atoms with Crippen molar-refractivity contribution in [1.82, 2.24) is 4.57 Å². The molecule has 9 heteroatoms. The topological polar surface area (TPSA) is 63.8 Å². The third kappa shape index (κ3) is 5.59. The van der Waals surface area contributed by atoms with Crippen molar-refractivity contribution in [3.05, 3.63) is 133 Å². The van der Waals surface area contributed by atoms with Crippen LogP contribution in [0.2, 0.25) is 10.0 Å². The Hall–Kier alpha value is -3.52. The quantitative estimate of drug-likeness (QED) is 0.247. The lowest BCUT2D eigenvalue weighted by Crippen LogP contribution is -2.20. The van der Waals surface area contributed by atoms with Gasteiger partial charge in [0.1, 0.15) is 24.0 Å². The molecule has 1 aromatic heterocycles. The summed E-state index contributed by atoms with van der Waals surface area (Å²) in [5, 5.41) is 13.8. The average molecular weight is 515 g/mol. The first kappa shape index (κ1) is 24.6. The van der Waals surface area contributed by atoms with Crippen LogP contribution in [0, 0.1) is 11.6 Å². The summed E-state index contributed by atoms with van der Waals surface area (Å²) in [5.74, 6) is -1.60. The summed E-state index contributed by atoms with van der Waals surface area (Å²) in [4.78, 5) is 18.2. The summed E-state index contributed by atoms with van der Waals surface area (Å²) in [6.45, 7) is -0.179. The molecule has 0 spiro atoms. The van der Waals surface area contributed by atoms with E-state index < -0.39 is 17.2 Å². The number of nitrogens with zero attached hydrogens (tertiary/aromatic N) is 2. The molecule has 0 saturated heterocycles. The largest absolute Gasteiger partial charge is 0.392 e. The zero-order chi connectivity index (χ0) is 24.9. The van der Waals surface area contributed by atoms with Gasteiger partial charge < -0.3 is 9.94 Å². The Morgan fingerprint density at radius 1 is 0.943 bits per heavy atom. The second-order valence-corrected chi connectivity index (χ2v) is 8.33. The first-order chi connectivity index (χ1) is 16.9. The third-order valence-corrected chi connectivity index (χ3v) is 5.68. The van der Waals surface area contributed by atoms with E-state index >= 15 is 0 Å². The molecule has 0 aliphatic carbocycles. The Labute approximate surface area is 209 Å². The van der Waals surface area contributed by atoms with Crippen molar-refractivity contribution in [1.29, 1.82) is 0 Å². The zero-order valence-electron chi connectivity index (χ0n) is 18.1. The fourth-order valence-corrected chi connectivity index (χ4v) is 4.14. The van der Waals surface area contributed by atoms with Gasteiger partial charge in [0.2, 0.25) is 0 Å². The molecule has 178 valence electrons. The number of halogens is 4. The van der Waals surface area contributed by atoms with Crippen molar-refractivity contribution >= 4 is 28.9 Å². The number of aliphatic hydroxyl groups is 1. The van der Waals surface area contributed by atoms with Crippen LogP contribution >= 0.6 is 23.2 Å². The molecule has 0 saturated carbocycles. The lowest BCUT2D eigenvalue weighted by molar-refractivity contribution is 0.131. The van der Waals surface area contributed by atoms with Crippen molar-refractivity contribution in [2.75, 3.05) is 0 Å². The fraction of sp³-hybridized carbons (Fsp3) is 0.0769. The summed E-state index contributed by atoms with van der Waals surface area (Å²) >= 11 is 12.7. The van der Waals surface area contributed by atoms with E-state index in [4.69, 9.17) is 28.0 Å². The van der Waals surface area contributed by atoms with Gasteiger partial charge in [-0.1, -0.05) is 58.7 Å². The van der Waals surface area contributed by atoms with Gasteiger partial charge in [0, 0.05) is 29.5 Å². The number of aliphatic hydroxyl groups excluding tert-OH is 1. The van der Waals surface area contributed by atoms with Crippen LogP contribution in [0.25, 0.3) is 5.69 Å². The van der Waals surface area contributed by atoms with Crippen molar-refractivity contribution in [2.24, 2.45) is 5.16 Å². The molecule has 0 aliphatic heterocycles. The van der Waals surface area contributed by atoms with Gasteiger partial charge in [0.05, 0.1) is 22.3 Å². The minimum atomic E-state index is -0.854. The number of hydrogen-bond donors (Lipinski definition) is 1. The maximum absolute atomic E-state index is 14.7. The van der Waals surface area contributed by atoms with Gasteiger partial charge in [-0.15, -0.1) is 0 Å². The molecule has 0 bridgehead atoms. The Morgan fingerprint density at radius 2 is 1.66 bits per heavy atom.